The van der Waals surface area contributed by atoms with Crippen molar-refractivity contribution in [2.45, 2.75) is 90.7 Å². The molecule has 1 saturated heterocycles. The first-order valence-corrected chi connectivity index (χ1v) is 14.9. The number of hydrogen-bond acceptors (Lipinski definition) is 4. The molecule has 5 aliphatic rings. The van der Waals surface area contributed by atoms with E-state index in [1.807, 2.05) is 39.8 Å². The summed E-state index contributed by atoms with van der Waals surface area (Å²) in [5, 5.41) is 25.4. The van der Waals surface area contributed by atoms with Crippen LogP contribution in [0.5, 0.6) is 0 Å². The average molecular weight is 559 g/mol. The lowest BCUT2D eigenvalue weighted by Crippen LogP contribution is -2.61. The molecule has 1 aromatic carbocycles. The van der Waals surface area contributed by atoms with Gasteiger partial charge in [0.05, 0.1) is 11.0 Å². The molecule has 4 bridgehead atoms. The Morgan fingerprint density at radius 1 is 1.08 bits per heavy atom. The second-order valence-electron chi connectivity index (χ2n) is 14.3. The zero-order chi connectivity index (χ0) is 28.4. The van der Waals surface area contributed by atoms with Crippen LogP contribution in [0, 0.1) is 34.0 Å². The van der Waals surface area contributed by atoms with Gasteiger partial charge >= 0.3 is 5.97 Å². The number of amides is 2. The number of likely N-dealkylation sites (tertiary alicyclic amines) is 1. The molecule has 5 fully saturated rings. The Morgan fingerprint density at radius 3 is 2.23 bits per heavy atom. The van der Waals surface area contributed by atoms with Gasteiger partial charge in [0.1, 0.15) is 6.04 Å². The van der Waals surface area contributed by atoms with E-state index in [0.717, 1.165) is 37.7 Å². The number of halogens is 1. The molecule has 7 nitrogen and oxygen atoms in total. The van der Waals surface area contributed by atoms with Gasteiger partial charge in [0, 0.05) is 29.9 Å². The third-order valence-corrected chi connectivity index (χ3v) is 10.8. The SMILES string of the molecule is CC(C)[C@@H](NC(=O)CC12CC3CC(C1)CC(C(=O)O)(C3)C2)C(=O)N1CC[C@](O)(c2ccc(Cl)cc2)C(C)(C)C1. The number of aliphatic carboxylic acids is 1. The minimum absolute atomic E-state index is 0.108. The van der Waals surface area contributed by atoms with E-state index in [-0.39, 0.29) is 29.6 Å². The van der Waals surface area contributed by atoms with Crippen LogP contribution in [0.2, 0.25) is 5.02 Å². The Kier molecular flexibility index (Phi) is 7.11. The van der Waals surface area contributed by atoms with Crippen molar-refractivity contribution in [1.82, 2.24) is 10.2 Å². The summed E-state index contributed by atoms with van der Waals surface area (Å²) in [7, 11) is 0. The zero-order valence-electron chi connectivity index (χ0n) is 23.6. The number of carboxylic acids is 1. The van der Waals surface area contributed by atoms with Crippen LogP contribution in [0.3, 0.4) is 0 Å². The van der Waals surface area contributed by atoms with Crippen LogP contribution in [0.1, 0.15) is 84.6 Å². The van der Waals surface area contributed by atoms with Gasteiger partial charge in [-0.2, -0.15) is 0 Å². The Bertz CT molecular complexity index is 1130. The summed E-state index contributed by atoms with van der Waals surface area (Å²) in [4.78, 5) is 41.3. The molecule has 0 radical (unpaired) electrons. The van der Waals surface area contributed by atoms with Crippen LogP contribution in [-0.2, 0) is 20.0 Å². The fraction of sp³-hybridized carbons (Fsp3) is 0.710. The first-order chi connectivity index (χ1) is 18.2. The first-order valence-electron chi connectivity index (χ1n) is 14.5. The van der Waals surface area contributed by atoms with Crippen molar-refractivity contribution in [3.63, 3.8) is 0 Å². The predicted octanol–water partition coefficient (Wildman–Crippen LogP) is 4.99. The number of benzene rings is 1. The second-order valence-corrected chi connectivity index (χ2v) is 14.7. The molecule has 1 heterocycles. The lowest BCUT2D eigenvalue weighted by atomic mass is 9.43. The van der Waals surface area contributed by atoms with Gasteiger partial charge in [0.2, 0.25) is 11.8 Å². The molecule has 3 N–H and O–H groups in total. The number of hydrogen-bond donors (Lipinski definition) is 3. The monoisotopic (exact) mass is 558 g/mol. The van der Waals surface area contributed by atoms with E-state index in [9.17, 15) is 24.6 Å². The largest absolute Gasteiger partial charge is 0.481 e. The normalized spacial score (nSPS) is 35.6. The quantitative estimate of drug-likeness (QED) is 0.437. The molecule has 4 atom stereocenters. The molecule has 1 aliphatic heterocycles. The highest BCUT2D eigenvalue weighted by atomic mass is 35.5. The molecule has 8 heteroatoms. The van der Waals surface area contributed by atoms with E-state index in [0.29, 0.717) is 42.8 Å². The number of rotatable bonds is 7. The summed E-state index contributed by atoms with van der Waals surface area (Å²) in [6.45, 7) is 8.55. The Hall–Kier alpha value is -2.12. The van der Waals surface area contributed by atoms with Crippen molar-refractivity contribution >= 4 is 29.4 Å². The van der Waals surface area contributed by atoms with Gasteiger partial charge in [-0.05, 0) is 85.8 Å². The number of carbonyl (C=O) groups excluding carboxylic acids is 2. The van der Waals surface area contributed by atoms with E-state index in [1.54, 1.807) is 17.0 Å². The van der Waals surface area contributed by atoms with Crippen LogP contribution < -0.4 is 5.32 Å². The predicted molar refractivity (Wildman–Crippen MR) is 149 cm³/mol. The van der Waals surface area contributed by atoms with Gasteiger partial charge in [-0.1, -0.05) is 51.4 Å². The lowest BCUT2D eigenvalue weighted by Gasteiger charge is -2.60. The van der Waals surface area contributed by atoms with Crippen LogP contribution in [0.4, 0.5) is 0 Å². The molecule has 0 aromatic heterocycles. The summed E-state index contributed by atoms with van der Waals surface area (Å²) >= 11 is 6.06. The Morgan fingerprint density at radius 2 is 1.69 bits per heavy atom. The molecule has 2 unspecified atom stereocenters. The maximum absolute atomic E-state index is 13.8. The van der Waals surface area contributed by atoms with Gasteiger partial charge < -0.3 is 20.4 Å². The van der Waals surface area contributed by atoms with Gasteiger partial charge in [-0.15, -0.1) is 0 Å². The number of nitrogens with one attached hydrogen (secondary N) is 1. The molecule has 1 aromatic rings. The average Bonchev–Trinajstić information content (AvgIpc) is 2.82. The molecule has 4 aliphatic carbocycles. The first kappa shape index (κ1) is 28.4. The Balaban J connectivity index is 1.27. The third kappa shape index (κ3) is 4.99. The van der Waals surface area contributed by atoms with Gasteiger partial charge in [0.25, 0.3) is 0 Å². The molecule has 6 rings (SSSR count). The number of piperidine rings is 1. The molecule has 39 heavy (non-hydrogen) atoms. The van der Waals surface area contributed by atoms with Crippen LogP contribution in [0.25, 0.3) is 0 Å². The van der Waals surface area contributed by atoms with Gasteiger partial charge in [-0.3, -0.25) is 14.4 Å². The van der Waals surface area contributed by atoms with E-state index in [2.05, 4.69) is 5.32 Å². The van der Waals surface area contributed by atoms with Gasteiger partial charge in [-0.25, -0.2) is 0 Å². The minimum Gasteiger partial charge on any atom is -0.481 e. The highest BCUT2D eigenvalue weighted by Crippen LogP contribution is 2.66. The number of carbonyl (C=O) groups is 3. The summed E-state index contributed by atoms with van der Waals surface area (Å²) in [6, 6.07) is 6.57. The fourth-order valence-electron chi connectivity index (χ4n) is 8.96. The second kappa shape index (κ2) is 9.76. The zero-order valence-corrected chi connectivity index (χ0v) is 24.4. The number of aliphatic hydroxyl groups is 1. The van der Waals surface area contributed by atoms with E-state index in [1.165, 1.54) is 0 Å². The summed E-state index contributed by atoms with van der Waals surface area (Å²) in [6.07, 6.45) is 5.62. The van der Waals surface area contributed by atoms with Crippen LogP contribution in [0.15, 0.2) is 24.3 Å². The van der Waals surface area contributed by atoms with E-state index < -0.39 is 28.4 Å². The van der Waals surface area contributed by atoms with Crippen LogP contribution in [-0.4, -0.2) is 52.0 Å². The van der Waals surface area contributed by atoms with Crippen LogP contribution >= 0.6 is 11.6 Å². The van der Waals surface area contributed by atoms with Gasteiger partial charge in [0.15, 0.2) is 0 Å². The molecule has 4 saturated carbocycles. The van der Waals surface area contributed by atoms with Crippen molar-refractivity contribution < 1.29 is 24.6 Å². The van der Waals surface area contributed by atoms with Crippen molar-refractivity contribution in [2.24, 2.45) is 34.0 Å². The Labute approximate surface area is 236 Å². The highest BCUT2D eigenvalue weighted by Gasteiger charge is 2.61. The van der Waals surface area contributed by atoms with E-state index >= 15 is 0 Å². The highest BCUT2D eigenvalue weighted by molar-refractivity contribution is 6.30. The number of carboxylic acid groups (broad SMARTS) is 1. The smallest absolute Gasteiger partial charge is 0.309 e. The fourth-order valence-corrected chi connectivity index (χ4v) is 9.08. The standard InChI is InChI=1S/C31H43ClN2O5/c1-19(2)25(26(36)34-10-9-31(39,28(3,4)18-34)22-5-7-23(32)8-6-22)33-24(35)16-29-12-20-11-21(13-29)15-30(14-20,17-29)27(37)38/h5-8,19-21,25,39H,9-18H2,1-4H3,(H,33,35)(H,37,38)/t20?,21?,25-,29?,30?,31+/m1/s1. The molecule has 0 spiro atoms. The molecule has 2 amide bonds. The van der Waals surface area contributed by atoms with E-state index in [4.69, 9.17) is 11.6 Å². The minimum atomic E-state index is -1.11. The topological polar surface area (TPSA) is 107 Å². The van der Waals surface area contributed by atoms with Crippen molar-refractivity contribution in [2.75, 3.05) is 13.1 Å². The maximum atomic E-state index is 13.8. The third-order valence-electron chi connectivity index (χ3n) is 10.5. The summed E-state index contributed by atoms with van der Waals surface area (Å²) < 4.78 is 0. The molecular formula is C31H43ClN2O5. The van der Waals surface area contributed by atoms with Crippen molar-refractivity contribution in [1.29, 1.82) is 0 Å². The maximum Gasteiger partial charge on any atom is 0.309 e. The summed E-state index contributed by atoms with van der Waals surface area (Å²) in [5.41, 5.74) is -1.90. The summed E-state index contributed by atoms with van der Waals surface area (Å²) in [5.74, 6) is -0.331. The molecule has 214 valence electrons. The van der Waals surface area contributed by atoms with Crippen molar-refractivity contribution in [3.8, 4) is 0 Å². The number of nitrogens with zero attached hydrogens (tertiary/aromatic N) is 1. The van der Waals surface area contributed by atoms with Crippen molar-refractivity contribution in [3.05, 3.63) is 34.9 Å². The molecular weight excluding hydrogens is 516 g/mol. The lowest BCUT2D eigenvalue weighted by molar-refractivity contribution is -0.176.